The molecule has 0 spiro atoms. The lowest BCUT2D eigenvalue weighted by Gasteiger charge is -1.84. The first-order chi connectivity index (χ1) is 4.24. The van der Waals surface area contributed by atoms with Crippen molar-refractivity contribution in [2.45, 2.75) is 19.2 Å². The summed E-state index contributed by atoms with van der Waals surface area (Å²) in [6, 6.07) is 0. The second-order valence-electron chi connectivity index (χ2n) is 1.87. The molecule has 0 bridgehead atoms. The smallest absolute Gasteiger partial charge is 0.0900 e. The van der Waals surface area contributed by atoms with Gasteiger partial charge in [-0.25, -0.2) is 4.98 Å². The molecule has 0 aromatic carbocycles. The van der Waals surface area contributed by atoms with Crippen molar-refractivity contribution in [1.82, 2.24) is 4.98 Å². The van der Waals surface area contributed by atoms with Crippen LogP contribution in [0.25, 0.3) is 0 Å². The van der Waals surface area contributed by atoms with E-state index < -0.39 is 0 Å². The molecule has 0 saturated carbocycles. The number of hydrogen-bond acceptors (Lipinski definition) is 2. The highest BCUT2D eigenvalue weighted by Crippen LogP contribution is 2.17. The molecular weight excluding hydrogens is 198 g/mol. The number of alkyl halides is 1. The molecule has 0 unspecified atom stereocenters. The SMILES string of the molecule is Cc1nc(CBr)c(C)s1. The zero-order valence-corrected chi connectivity index (χ0v) is 7.84. The Bertz CT molecular complexity index is 207. The van der Waals surface area contributed by atoms with Gasteiger partial charge in [0, 0.05) is 10.2 Å². The molecule has 50 valence electrons. The van der Waals surface area contributed by atoms with Crippen LogP contribution in [-0.2, 0) is 5.33 Å². The van der Waals surface area contributed by atoms with Gasteiger partial charge in [-0.3, -0.25) is 0 Å². The number of rotatable bonds is 1. The summed E-state index contributed by atoms with van der Waals surface area (Å²) in [6.45, 7) is 4.13. The van der Waals surface area contributed by atoms with Gasteiger partial charge in [-0.1, -0.05) is 15.9 Å². The molecule has 1 rings (SSSR count). The summed E-state index contributed by atoms with van der Waals surface area (Å²) in [4.78, 5) is 5.62. The molecule has 0 fully saturated rings. The fourth-order valence-electron chi connectivity index (χ4n) is 0.696. The van der Waals surface area contributed by atoms with E-state index in [9.17, 15) is 0 Å². The van der Waals surface area contributed by atoms with E-state index in [1.54, 1.807) is 11.3 Å². The minimum absolute atomic E-state index is 0.878. The lowest BCUT2D eigenvalue weighted by molar-refractivity contribution is 1.16. The van der Waals surface area contributed by atoms with Crippen LogP contribution >= 0.6 is 27.3 Å². The van der Waals surface area contributed by atoms with E-state index >= 15 is 0 Å². The van der Waals surface area contributed by atoms with Crippen molar-refractivity contribution < 1.29 is 0 Å². The zero-order chi connectivity index (χ0) is 6.85. The summed E-state index contributed by atoms with van der Waals surface area (Å²) in [5, 5.41) is 2.03. The highest BCUT2D eigenvalue weighted by molar-refractivity contribution is 9.08. The van der Waals surface area contributed by atoms with E-state index in [1.807, 2.05) is 6.92 Å². The summed E-state index contributed by atoms with van der Waals surface area (Å²) in [6.07, 6.45) is 0. The third kappa shape index (κ3) is 1.52. The second-order valence-corrected chi connectivity index (χ2v) is 3.84. The van der Waals surface area contributed by atoms with Gasteiger partial charge in [0.2, 0.25) is 0 Å². The van der Waals surface area contributed by atoms with Crippen LogP contribution in [0.2, 0.25) is 0 Å². The van der Waals surface area contributed by atoms with E-state index in [0.29, 0.717) is 0 Å². The molecule has 0 aliphatic heterocycles. The molecule has 0 N–H and O–H groups in total. The van der Waals surface area contributed by atoms with E-state index in [1.165, 1.54) is 10.6 Å². The van der Waals surface area contributed by atoms with Gasteiger partial charge < -0.3 is 0 Å². The van der Waals surface area contributed by atoms with Crippen molar-refractivity contribution in [3.63, 3.8) is 0 Å². The molecule has 0 atom stereocenters. The Balaban J connectivity index is 3.01. The van der Waals surface area contributed by atoms with Crippen LogP contribution in [0, 0.1) is 13.8 Å². The maximum absolute atomic E-state index is 4.30. The van der Waals surface area contributed by atoms with Gasteiger partial charge in [0.25, 0.3) is 0 Å². The fraction of sp³-hybridized carbons (Fsp3) is 0.500. The first kappa shape index (κ1) is 7.22. The highest BCUT2D eigenvalue weighted by atomic mass is 79.9. The molecule has 1 heterocycles. The molecule has 1 aromatic heterocycles. The molecule has 0 radical (unpaired) electrons. The lowest BCUT2D eigenvalue weighted by atomic mass is 10.4. The average molecular weight is 206 g/mol. The van der Waals surface area contributed by atoms with Crippen molar-refractivity contribution in [2.24, 2.45) is 0 Å². The summed E-state index contributed by atoms with van der Waals surface area (Å²) in [7, 11) is 0. The Hall–Kier alpha value is 0.110. The monoisotopic (exact) mass is 205 g/mol. The standard InChI is InChI=1S/C6H8BrNS/c1-4-6(3-7)8-5(2)9-4/h3H2,1-2H3. The normalized spacial score (nSPS) is 10.1. The number of hydrogen-bond donors (Lipinski definition) is 0. The minimum atomic E-state index is 0.878. The van der Waals surface area contributed by atoms with Gasteiger partial charge >= 0.3 is 0 Å². The number of thiazole rings is 1. The quantitative estimate of drug-likeness (QED) is 0.643. The van der Waals surface area contributed by atoms with Crippen LogP contribution in [0.5, 0.6) is 0 Å². The van der Waals surface area contributed by atoms with E-state index in [4.69, 9.17) is 0 Å². The molecule has 1 aromatic rings. The van der Waals surface area contributed by atoms with E-state index in [-0.39, 0.29) is 0 Å². The first-order valence-electron chi connectivity index (χ1n) is 2.73. The zero-order valence-electron chi connectivity index (χ0n) is 5.44. The van der Waals surface area contributed by atoms with E-state index in [0.717, 1.165) is 10.3 Å². The Morgan fingerprint density at radius 1 is 1.56 bits per heavy atom. The molecule has 9 heavy (non-hydrogen) atoms. The Labute approximate surface area is 67.3 Å². The van der Waals surface area contributed by atoms with Crippen molar-refractivity contribution in [3.05, 3.63) is 15.6 Å². The third-order valence-corrected chi connectivity index (χ3v) is 2.59. The second kappa shape index (κ2) is 2.80. The van der Waals surface area contributed by atoms with Crippen LogP contribution in [0.15, 0.2) is 0 Å². The van der Waals surface area contributed by atoms with Crippen molar-refractivity contribution in [3.8, 4) is 0 Å². The summed E-state index contributed by atoms with van der Waals surface area (Å²) in [5.41, 5.74) is 1.18. The van der Waals surface area contributed by atoms with Gasteiger partial charge in [-0.05, 0) is 13.8 Å². The topological polar surface area (TPSA) is 12.9 Å². The van der Waals surface area contributed by atoms with E-state index in [2.05, 4.69) is 27.8 Å². The molecule has 0 amide bonds. The van der Waals surface area contributed by atoms with Crippen molar-refractivity contribution in [2.75, 3.05) is 0 Å². The number of aromatic nitrogens is 1. The van der Waals surface area contributed by atoms with Crippen LogP contribution < -0.4 is 0 Å². The summed E-state index contributed by atoms with van der Waals surface area (Å²) in [5.74, 6) is 0. The fourth-order valence-corrected chi connectivity index (χ4v) is 2.26. The van der Waals surface area contributed by atoms with Gasteiger partial charge in [0.1, 0.15) is 0 Å². The van der Waals surface area contributed by atoms with Crippen molar-refractivity contribution >= 4 is 27.3 Å². The van der Waals surface area contributed by atoms with Gasteiger partial charge in [-0.2, -0.15) is 0 Å². The van der Waals surface area contributed by atoms with Gasteiger partial charge in [0.15, 0.2) is 0 Å². The lowest BCUT2D eigenvalue weighted by Crippen LogP contribution is -1.78. The highest BCUT2D eigenvalue weighted by Gasteiger charge is 2.00. The van der Waals surface area contributed by atoms with Crippen LogP contribution in [0.4, 0.5) is 0 Å². The molecule has 0 aliphatic carbocycles. The number of halogens is 1. The molecule has 3 heteroatoms. The Kier molecular flexibility index (Phi) is 2.24. The largest absolute Gasteiger partial charge is 0.245 e. The molecule has 1 nitrogen and oxygen atoms in total. The maximum atomic E-state index is 4.30. The molecule has 0 aliphatic rings. The molecular formula is C6H8BrNS. The third-order valence-electron chi connectivity index (χ3n) is 1.13. The van der Waals surface area contributed by atoms with Crippen LogP contribution in [-0.4, -0.2) is 4.98 Å². The predicted molar refractivity (Wildman–Crippen MR) is 44.2 cm³/mol. The van der Waals surface area contributed by atoms with Crippen molar-refractivity contribution in [1.29, 1.82) is 0 Å². The molecule has 0 saturated heterocycles. The van der Waals surface area contributed by atoms with Gasteiger partial charge in [0.05, 0.1) is 10.7 Å². The Morgan fingerprint density at radius 2 is 2.22 bits per heavy atom. The Morgan fingerprint density at radius 3 is 2.44 bits per heavy atom. The first-order valence-corrected chi connectivity index (χ1v) is 4.66. The minimum Gasteiger partial charge on any atom is -0.245 e. The average Bonchev–Trinajstić information content (AvgIpc) is 2.10. The number of aryl methyl sites for hydroxylation is 2. The summed E-state index contributed by atoms with van der Waals surface area (Å²) >= 11 is 5.12. The maximum Gasteiger partial charge on any atom is 0.0900 e. The predicted octanol–water partition coefficient (Wildman–Crippen LogP) is 2.65. The number of nitrogens with zero attached hydrogens (tertiary/aromatic N) is 1. The summed E-state index contributed by atoms with van der Waals surface area (Å²) < 4.78 is 0. The van der Waals surface area contributed by atoms with Crippen LogP contribution in [0.3, 0.4) is 0 Å². The van der Waals surface area contributed by atoms with Gasteiger partial charge in [-0.15, -0.1) is 11.3 Å². The van der Waals surface area contributed by atoms with Crippen LogP contribution in [0.1, 0.15) is 15.6 Å².